The molecule has 2 aliphatic rings. The van der Waals surface area contributed by atoms with Gasteiger partial charge in [0.1, 0.15) is 6.29 Å². The number of morpholine rings is 1. The molecule has 0 aromatic heterocycles. The van der Waals surface area contributed by atoms with Gasteiger partial charge in [-0.1, -0.05) is 26.0 Å². The number of hydroxylamine groups is 1. The second-order valence-corrected chi connectivity index (χ2v) is 8.42. The highest BCUT2D eigenvalue weighted by Crippen LogP contribution is 2.31. The van der Waals surface area contributed by atoms with Crippen LogP contribution in [0.15, 0.2) is 24.3 Å². The number of nitrogens with one attached hydrogen (secondary N) is 1. The van der Waals surface area contributed by atoms with E-state index in [0.29, 0.717) is 32.7 Å². The summed E-state index contributed by atoms with van der Waals surface area (Å²) in [6.45, 7) is 5.78. The molecule has 1 aromatic rings. The van der Waals surface area contributed by atoms with E-state index in [1.54, 1.807) is 29.7 Å². The van der Waals surface area contributed by atoms with Gasteiger partial charge in [-0.3, -0.25) is 29.4 Å². The fourth-order valence-electron chi connectivity index (χ4n) is 4.52. The van der Waals surface area contributed by atoms with E-state index in [2.05, 4.69) is 0 Å². The number of benzene rings is 1. The number of hydrogen-bond donors (Lipinski definition) is 2. The fraction of sp³-hybridized carbons (Fsp3) is 0.545. The van der Waals surface area contributed by atoms with Crippen LogP contribution in [0.2, 0.25) is 0 Å². The van der Waals surface area contributed by atoms with Crippen LogP contribution in [0, 0.1) is 17.8 Å². The van der Waals surface area contributed by atoms with E-state index in [0.717, 1.165) is 11.2 Å². The first-order valence-corrected chi connectivity index (χ1v) is 10.5. The number of hydrogen-bond acceptors (Lipinski definition) is 7. The van der Waals surface area contributed by atoms with Crippen LogP contribution < -0.4 is 5.48 Å². The summed E-state index contributed by atoms with van der Waals surface area (Å²) in [5.74, 6) is -2.99. The molecular weight excluding hydrogens is 402 g/mol. The Morgan fingerprint density at radius 1 is 1.16 bits per heavy atom. The summed E-state index contributed by atoms with van der Waals surface area (Å²) in [4.78, 5) is 53.6. The first-order chi connectivity index (χ1) is 14.9. The van der Waals surface area contributed by atoms with E-state index in [1.807, 2.05) is 18.7 Å². The summed E-state index contributed by atoms with van der Waals surface area (Å²) in [5.41, 5.74) is 2.25. The average Bonchev–Trinajstić information content (AvgIpc) is 3.02. The van der Waals surface area contributed by atoms with E-state index in [9.17, 15) is 24.4 Å². The molecule has 9 heteroatoms. The molecule has 9 nitrogen and oxygen atoms in total. The van der Waals surface area contributed by atoms with E-state index >= 15 is 0 Å². The van der Waals surface area contributed by atoms with Gasteiger partial charge in [-0.15, -0.1) is 0 Å². The van der Waals surface area contributed by atoms with Crippen molar-refractivity contribution in [2.24, 2.45) is 17.8 Å². The van der Waals surface area contributed by atoms with Crippen molar-refractivity contribution in [1.29, 1.82) is 0 Å². The number of nitrogens with zero attached hydrogens (tertiary/aromatic N) is 2. The molecule has 3 amide bonds. The van der Waals surface area contributed by atoms with Crippen LogP contribution in [0.4, 0.5) is 0 Å². The molecular formula is C22H29N3O6. The summed E-state index contributed by atoms with van der Waals surface area (Å²) in [6, 6.07) is 5.89. The second-order valence-electron chi connectivity index (χ2n) is 8.42. The van der Waals surface area contributed by atoms with Gasteiger partial charge in [0, 0.05) is 19.6 Å². The highest BCUT2D eigenvalue weighted by molar-refractivity contribution is 6.21. The maximum Gasteiger partial charge on any atom is 0.261 e. The van der Waals surface area contributed by atoms with Crippen molar-refractivity contribution in [2.45, 2.75) is 26.3 Å². The molecule has 0 bridgehead atoms. The zero-order valence-electron chi connectivity index (χ0n) is 17.8. The van der Waals surface area contributed by atoms with Crippen LogP contribution in [-0.4, -0.2) is 77.9 Å². The maximum absolute atomic E-state index is 12.9. The van der Waals surface area contributed by atoms with Crippen molar-refractivity contribution in [3.05, 3.63) is 35.4 Å². The molecule has 168 valence electrons. The van der Waals surface area contributed by atoms with Crippen LogP contribution in [0.1, 0.15) is 41.0 Å². The van der Waals surface area contributed by atoms with Gasteiger partial charge in [0.25, 0.3) is 11.8 Å². The molecule has 2 aliphatic heterocycles. The number of aldehydes is 1. The third-order valence-corrected chi connectivity index (χ3v) is 6.01. The Hall–Kier alpha value is -2.62. The zero-order chi connectivity index (χ0) is 22.5. The number of carbonyl (C=O) groups excluding carboxylic acids is 4. The molecule has 2 unspecified atom stereocenters. The lowest BCUT2D eigenvalue weighted by Crippen LogP contribution is -2.54. The molecule has 0 spiro atoms. The third kappa shape index (κ3) is 4.84. The van der Waals surface area contributed by atoms with E-state index in [-0.39, 0.29) is 23.6 Å². The average molecular weight is 431 g/mol. The lowest BCUT2D eigenvalue weighted by atomic mass is 9.79. The van der Waals surface area contributed by atoms with Crippen molar-refractivity contribution in [2.75, 3.05) is 32.8 Å². The molecule has 1 aromatic carbocycles. The van der Waals surface area contributed by atoms with Gasteiger partial charge < -0.3 is 9.53 Å². The Labute approximate surface area is 181 Å². The highest BCUT2D eigenvalue weighted by Gasteiger charge is 2.43. The SMILES string of the molecule is CC(C)CC(C(C=O)N1CCOCC1)[C@H](CN1C(=O)c2ccccc2C1=O)C(=O)NO. The van der Waals surface area contributed by atoms with Gasteiger partial charge in [-0.2, -0.15) is 0 Å². The Bertz CT molecular complexity index is 801. The Morgan fingerprint density at radius 3 is 2.23 bits per heavy atom. The lowest BCUT2D eigenvalue weighted by molar-refractivity contribution is -0.138. The van der Waals surface area contributed by atoms with Crippen molar-refractivity contribution in [1.82, 2.24) is 15.3 Å². The minimum Gasteiger partial charge on any atom is -0.379 e. The summed E-state index contributed by atoms with van der Waals surface area (Å²) in [7, 11) is 0. The van der Waals surface area contributed by atoms with Crippen molar-refractivity contribution in [3.63, 3.8) is 0 Å². The van der Waals surface area contributed by atoms with Crippen LogP contribution in [0.3, 0.4) is 0 Å². The first kappa shape index (κ1) is 23.1. The minimum absolute atomic E-state index is 0.143. The van der Waals surface area contributed by atoms with Crippen molar-refractivity contribution < 1.29 is 29.1 Å². The molecule has 3 atom stereocenters. The molecule has 0 radical (unpaired) electrons. The predicted octanol–water partition coefficient (Wildman–Crippen LogP) is 0.966. The Morgan fingerprint density at radius 2 is 1.74 bits per heavy atom. The summed E-state index contributed by atoms with van der Waals surface area (Å²) >= 11 is 0. The zero-order valence-corrected chi connectivity index (χ0v) is 17.8. The summed E-state index contributed by atoms with van der Waals surface area (Å²) in [5, 5.41) is 9.42. The normalized spacial score (nSPS) is 19.8. The number of ether oxygens (including phenoxy) is 1. The van der Waals surface area contributed by atoms with E-state index < -0.39 is 35.6 Å². The standard InChI is InChI=1S/C22H29N3O6/c1-14(2)11-17(19(13-26)24-7-9-31-10-8-24)18(20(27)23-30)12-25-21(28)15-5-3-4-6-16(15)22(25)29/h3-6,13-14,17-19,30H,7-12H2,1-2H3,(H,23,27)/t17?,18-,19?/m0/s1. The smallest absolute Gasteiger partial charge is 0.261 e. The van der Waals surface area contributed by atoms with Gasteiger partial charge >= 0.3 is 0 Å². The van der Waals surface area contributed by atoms with Gasteiger partial charge in [0.2, 0.25) is 5.91 Å². The molecule has 2 N–H and O–H groups in total. The minimum atomic E-state index is -0.951. The molecule has 31 heavy (non-hydrogen) atoms. The molecule has 0 aliphatic carbocycles. The molecule has 3 rings (SSSR count). The quantitative estimate of drug-likeness (QED) is 0.259. The number of carbonyl (C=O) groups is 4. The number of rotatable bonds is 9. The van der Waals surface area contributed by atoms with Crippen molar-refractivity contribution >= 4 is 24.0 Å². The number of fused-ring (bicyclic) bond motifs is 1. The monoisotopic (exact) mass is 431 g/mol. The lowest BCUT2D eigenvalue weighted by Gasteiger charge is -2.40. The predicted molar refractivity (Wildman–Crippen MR) is 110 cm³/mol. The molecule has 2 heterocycles. The van der Waals surface area contributed by atoms with E-state index in [1.165, 1.54) is 0 Å². The van der Waals surface area contributed by atoms with Gasteiger partial charge in [-0.25, -0.2) is 5.48 Å². The van der Waals surface area contributed by atoms with Crippen LogP contribution in [-0.2, 0) is 14.3 Å². The van der Waals surface area contributed by atoms with Crippen molar-refractivity contribution in [3.8, 4) is 0 Å². The molecule has 0 saturated carbocycles. The largest absolute Gasteiger partial charge is 0.379 e. The maximum atomic E-state index is 12.9. The van der Waals surface area contributed by atoms with Crippen LogP contribution >= 0.6 is 0 Å². The fourth-order valence-corrected chi connectivity index (χ4v) is 4.52. The van der Waals surface area contributed by atoms with Crippen LogP contribution in [0.5, 0.6) is 0 Å². The summed E-state index contributed by atoms with van der Waals surface area (Å²) < 4.78 is 5.38. The molecule has 1 saturated heterocycles. The first-order valence-electron chi connectivity index (χ1n) is 10.5. The van der Waals surface area contributed by atoms with Gasteiger partial charge in [0.05, 0.1) is 36.3 Å². The summed E-state index contributed by atoms with van der Waals surface area (Å²) in [6.07, 6.45) is 1.32. The van der Waals surface area contributed by atoms with Gasteiger partial charge in [0.15, 0.2) is 0 Å². The second kappa shape index (κ2) is 10.1. The Balaban J connectivity index is 1.92. The topological polar surface area (TPSA) is 116 Å². The highest BCUT2D eigenvalue weighted by atomic mass is 16.5. The van der Waals surface area contributed by atoms with E-state index in [4.69, 9.17) is 4.74 Å². The molecule has 1 fully saturated rings. The number of imide groups is 1. The Kier molecular flexibility index (Phi) is 7.53. The van der Waals surface area contributed by atoms with Gasteiger partial charge in [-0.05, 0) is 30.4 Å². The van der Waals surface area contributed by atoms with Crippen LogP contribution in [0.25, 0.3) is 0 Å². The third-order valence-electron chi connectivity index (χ3n) is 6.01. The number of amides is 3.